The number of benzene rings is 1. The highest BCUT2D eigenvalue weighted by molar-refractivity contribution is 5.79. The van der Waals surface area contributed by atoms with Gasteiger partial charge < -0.3 is 15.1 Å². The second-order valence-corrected chi connectivity index (χ2v) is 7.69. The van der Waals surface area contributed by atoms with Gasteiger partial charge in [0.2, 0.25) is 5.91 Å². The van der Waals surface area contributed by atoms with Gasteiger partial charge in [0, 0.05) is 43.3 Å². The van der Waals surface area contributed by atoms with E-state index in [9.17, 15) is 9.18 Å². The summed E-state index contributed by atoms with van der Waals surface area (Å²) in [4.78, 5) is 17.4. The molecule has 26 heavy (non-hydrogen) atoms. The summed E-state index contributed by atoms with van der Waals surface area (Å²) < 4.78 is 13.9. The molecule has 0 bridgehead atoms. The second-order valence-electron chi connectivity index (χ2n) is 7.69. The average Bonchev–Trinajstić information content (AvgIpc) is 2.68. The lowest BCUT2D eigenvalue weighted by Gasteiger charge is -2.37. The van der Waals surface area contributed by atoms with Crippen LogP contribution in [0.5, 0.6) is 0 Å². The largest absolute Gasteiger partial charge is 0.369 e. The van der Waals surface area contributed by atoms with Gasteiger partial charge in [-0.25, -0.2) is 4.39 Å². The van der Waals surface area contributed by atoms with Gasteiger partial charge in [-0.3, -0.25) is 4.79 Å². The zero-order chi connectivity index (χ0) is 18.5. The summed E-state index contributed by atoms with van der Waals surface area (Å²) in [6, 6.07) is 4.81. The fourth-order valence-electron chi connectivity index (χ4n) is 4.24. The van der Waals surface area contributed by atoms with E-state index in [0.717, 1.165) is 69.7 Å². The van der Waals surface area contributed by atoms with Crippen LogP contribution < -0.4 is 10.2 Å². The first-order chi connectivity index (χ1) is 12.6. The molecule has 2 aliphatic rings. The summed E-state index contributed by atoms with van der Waals surface area (Å²) >= 11 is 0. The van der Waals surface area contributed by atoms with Gasteiger partial charge in [-0.1, -0.05) is 26.2 Å². The monoisotopic (exact) mass is 361 g/mol. The normalized spacial score (nSPS) is 20.8. The maximum absolute atomic E-state index is 13.9. The lowest BCUT2D eigenvalue weighted by molar-refractivity contribution is -0.126. The molecule has 0 aromatic heterocycles. The van der Waals surface area contributed by atoms with Crippen LogP contribution in [0.4, 0.5) is 10.1 Å². The van der Waals surface area contributed by atoms with Crippen LogP contribution in [0.2, 0.25) is 0 Å². The highest BCUT2D eigenvalue weighted by Crippen LogP contribution is 2.30. The Bertz CT molecular complexity index is 607. The van der Waals surface area contributed by atoms with Crippen molar-refractivity contribution in [3.63, 3.8) is 0 Å². The third-order valence-corrected chi connectivity index (χ3v) is 5.95. The fourth-order valence-corrected chi connectivity index (χ4v) is 4.24. The van der Waals surface area contributed by atoms with Crippen LogP contribution >= 0.6 is 0 Å². The van der Waals surface area contributed by atoms with Crippen molar-refractivity contribution < 1.29 is 9.18 Å². The van der Waals surface area contributed by atoms with E-state index in [-0.39, 0.29) is 23.7 Å². The summed E-state index contributed by atoms with van der Waals surface area (Å²) in [6.45, 7) is 9.15. The van der Waals surface area contributed by atoms with Crippen molar-refractivity contribution in [3.8, 4) is 0 Å². The van der Waals surface area contributed by atoms with Crippen LogP contribution in [0.3, 0.4) is 0 Å². The molecule has 1 N–H and O–H groups in total. The molecular formula is C21H32FN3O. The Kier molecular flexibility index (Phi) is 6.52. The molecule has 1 amide bonds. The Labute approximate surface area is 156 Å². The molecule has 1 heterocycles. The van der Waals surface area contributed by atoms with E-state index in [4.69, 9.17) is 0 Å². The van der Waals surface area contributed by atoms with Crippen molar-refractivity contribution in [1.29, 1.82) is 0 Å². The van der Waals surface area contributed by atoms with Crippen LogP contribution in [-0.4, -0.2) is 43.5 Å². The first-order valence-electron chi connectivity index (χ1n) is 10.2. The summed E-state index contributed by atoms with van der Waals surface area (Å²) in [5.74, 6) is 0.00855. The number of hydrogen-bond donors (Lipinski definition) is 1. The molecule has 2 fully saturated rings. The molecule has 4 nitrogen and oxygen atoms in total. The van der Waals surface area contributed by atoms with Gasteiger partial charge in [0.25, 0.3) is 0 Å². The van der Waals surface area contributed by atoms with E-state index in [1.165, 1.54) is 12.5 Å². The standard InChI is InChI=1S/C21H32FN3O/c1-3-24-11-13-25(14-12-24)20-10-9-18(22)15-19(20)16(2)23-21(26)17-7-5-4-6-8-17/h9-10,15-17H,3-8,11-14H2,1-2H3,(H,23,26). The molecule has 5 heteroatoms. The number of carbonyl (C=O) groups is 1. The number of nitrogens with zero attached hydrogens (tertiary/aromatic N) is 2. The molecule has 1 saturated carbocycles. The molecular weight excluding hydrogens is 329 g/mol. The number of carbonyl (C=O) groups excluding carboxylic acids is 1. The van der Waals surface area contributed by atoms with E-state index in [0.29, 0.717) is 0 Å². The van der Waals surface area contributed by atoms with Crippen LogP contribution in [0.1, 0.15) is 57.6 Å². The summed E-state index contributed by atoms with van der Waals surface area (Å²) in [5.41, 5.74) is 1.94. The highest BCUT2D eigenvalue weighted by atomic mass is 19.1. The SMILES string of the molecule is CCN1CCN(c2ccc(F)cc2C(C)NC(=O)C2CCCCC2)CC1. The molecule has 3 rings (SSSR count). The van der Waals surface area contributed by atoms with Crippen LogP contribution in [0.25, 0.3) is 0 Å². The smallest absolute Gasteiger partial charge is 0.223 e. The minimum atomic E-state index is -0.241. The van der Waals surface area contributed by atoms with Crippen molar-refractivity contribution in [2.75, 3.05) is 37.6 Å². The molecule has 1 aliphatic carbocycles. The summed E-state index contributed by atoms with van der Waals surface area (Å²) in [5, 5.41) is 3.15. The van der Waals surface area contributed by atoms with Crippen molar-refractivity contribution in [3.05, 3.63) is 29.6 Å². The molecule has 1 unspecified atom stereocenters. The van der Waals surface area contributed by atoms with E-state index in [1.54, 1.807) is 6.07 Å². The number of piperazine rings is 1. The lowest BCUT2D eigenvalue weighted by Crippen LogP contribution is -2.46. The topological polar surface area (TPSA) is 35.6 Å². The molecule has 1 aromatic carbocycles. The van der Waals surface area contributed by atoms with Gasteiger partial charge in [-0.05, 0) is 44.5 Å². The van der Waals surface area contributed by atoms with E-state index in [1.807, 2.05) is 13.0 Å². The first-order valence-corrected chi connectivity index (χ1v) is 10.2. The van der Waals surface area contributed by atoms with Crippen LogP contribution in [0.15, 0.2) is 18.2 Å². The Hall–Kier alpha value is -1.62. The van der Waals surface area contributed by atoms with E-state index in [2.05, 4.69) is 22.0 Å². The van der Waals surface area contributed by atoms with Gasteiger partial charge in [-0.2, -0.15) is 0 Å². The van der Waals surface area contributed by atoms with Crippen molar-refractivity contribution >= 4 is 11.6 Å². The Morgan fingerprint density at radius 1 is 1.19 bits per heavy atom. The van der Waals surface area contributed by atoms with Crippen molar-refractivity contribution in [2.45, 2.75) is 52.0 Å². The Balaban J connectivity index is 1.71. The van der Waals surface area contributed by atoms with Crippen molar-refractivity contribution in [1.82, 2.24) is 10.2 Å². The lowest BCUT2D eigenvalue weighted by atomic mass is 9.88. The second kappa shape index (κ2) is 8.85. The van der Waals surface area contributed by atoms with Gasteiger partial charge >= 0.3 is 0 Å². The predicted octanol–water partition coefficient (Wildman–Crippen LogP) is 3.73. The number of rotatable bonds is 5. The molecule has 0 spiro atoms. The van der Waals surface area contributed by atoms with Crippen molar-refractivity contribution in [2.24, 2.45) is 5.92 Å². The molecule has 1 aliphatic heterocycles. The average molecular weight is 362 g/mol. The molecule has 0 radical (unpaired) electrons. The zero-order valence-electron chi connectivity index (χ0n) is 16.1. The summed E-state index contributed by atoms with van der Waals surface area (Å²) in [7, 11) is 0. The Morgan fingerprint density at radius 3 is 2.54 bits per heavy atom. The van der Waals surface area contributed by atoms with Crippen LogP contribution in [0, 0.1) is 11.7 Å². The summed E-state index contributed by atoms with van der Waals surface area (Å²) in [6.07, 6.45) is 5.47. The molecule has 1 atom stereocenters. The quantitative estimate of drug-likeness (QED) is 0.868. The number of nitrogens with one attached hydrogen (secondary N) is 1. The maximum Gasteiger partial charge on any atom is 0.223 e. The molecule has 1 aromatic rings. The highest BCUT2D eigenvalue weighted by Gasteiger charge is 2.25. The Morgan fingerprint density at radius 2 is 1.88 bits per heavy atom. The van der Waals surface area contributed by atoms with E-state index < -0.39 is 0 Å². The number of halogens is 1. The van der Waals surface area contributed by atoms with Gasteiger partial charge in [-0.15, -0.1) is 0 Å². The van der Waals surface area contributed by atoms with Gasteiger partial charge in [0.1, 0.15) is 5.82 Å². The number of amides is 1. The number of likely N-dealkylation sites (N-methyl/N-ethyl adjacent to an activating group) is 1. The molecule has 144 valence electrons. The number of hydrogen-bond acceptors (Lipinski definition) is 3. The molecule has 1 saturated heterocycles. The predicted molar refractivity (Wildman–Crippen MR) is 104 cm³/mol. The first kappa shape index (κ1) is 19.2. The maximum atomic E-state index is 13.9. The minimum Gasteiger partial charge on any atom is -0.369 e. The van der Waals surface area contributed by atoms with Gasteiger partial charge in [0.05, 0.1) is 6.04 Å². The third-order valence-electron chi connectivity index (χ3n) is 5.95. The van der Waals surface area contributed by atoms with E-state index >= 15 is 0 Å². The van der Waals surface area contributed by atoms with Crippen LogP contribution in [-0.2, 0) is 4.79 Å². The fraction of sp³-hybridized carbons (Fsp3) is 0.667. The number of anilines is 1. The third kappa shape index (κ3) is 4.56. The minimum absolute atomic E-state index is 0.122. The zero-order valence-corrected chi connectivity index (χ0v) is 16.1. The van der Waals surface area contributed by atoms with Gasteiger partial charge in [0.15, 0.2) is 0 Å².